The van der Waals surface area contributed by atoms with Crippen LogP contribution in [0.2, 0.25) is 0 Å². The minimum atomic E-state index is 0.0574. The van der Waals surface area contributed by atoms with Gasteiger partial charge in [-0.25, -0.2) is 4.99 Å². The minimum absolute atomic E-state index is 0.0574. The van der Waals surface area contributed by atoms with Crippen LogP contribution in [0.5, 0.6) is 0 Å². The van der Waals surface area contributed by atoms with Crippen LogP contribution in [0.3, 0.4) is 0 Å². The summed E-state index contributed by atoms with van der Waals surface area (Å²) in [5, 5.41) is 3.27. The van der Waals surface area contributed by atoms with Crippen molar-refractivity contribution in [3.05, 3.63) is 42.5 Å². The molecular weight excluding hydrogens is 312 g/mol. The number of amides is 1. The lowest BCUT2D eigenvalue weighted by atomic mass is 10.0. The number of rotatable bonds is 7. The van der Waals surface area contributed by atoms with Crippen LogP contribution in [-0.4, -0.2) is 50.0 Å². The standard InChI is InChI=1S/C20H30N4O/c1-4-6-9-14-23(3)20(21-5-2)22-16-19(25)24-15-10-12-17-11-7-8-13-18(17)24/h4,7-8,11,13H,1,5-6,9-10,12,14-16H2,2-3H3,(H,21,22). The Hall–Kier alpha value is -2.30. The highest BCUT2D eigenvalue weighted by Gasteiger charge is 2.21. The zero-order chi connectivity index (χ0) is 18.1. The van der Waals surface area contributed by atoms with Crippen molar-refractivity contribution in [1.29, 1.82) is 0 Å². The first kappa shape index (κ1) is 19.0. The van der Waals surface area contributed by atoms with E-state index in [-0.39, 0.29) is 12.5 Å². The van der Waals surface area contributed by atoms with Gasteiger partial charge in [-0.1, -0.05) is 24.3 Å². The summed E-state index contributed by atoms with van der Waals surface area (Å²) in [4.78, 5) is 21.2. The Balaban J connectivity index is 2.02. The molecule has 2 rings (SSSR count). The molecule has 0 saturated heterocycles. The first-order chi connectivity index (χ1) is 12.2. The molecule has 1 aromatic rings. The number of hydrogen-bond acceptors (Lipinski definition) is 2. The Labute approximate surface area is 151 Å². The third-order valence-electron chi connectivity index (χ3n) is 4.37. The molecule has 0 aromatic heterocycles. The Kier molecular flexibility index (Phi) is 7.51. The summed E-state index contributed by atoms with van der Waals surface area (Å²) in [7, 11) is 2.01. The molecule has 5 heteroatoms. The summed E-state index contributed by atoms with van der Waals surface area (Å²) < 4.78 is 0. The van der Waals surface area contributed by atoms with Crippen LogP contribution in [0.15, 0.2) is 41.9 Å². The van der Waals surface area contributed by atoms with Crippen LogP contribution in [0, 0.1) is 0 Å². The molecule has 5 nitrogen and oxygen atoms in total. The van der Waals surface area contributed by atoms with Gasteiger partial charge in [-0.2, -0.15) is 0 Å². The Morgan fingerprint density at radius 2 is 2.24 bits per heavy atom. The molecule has 1 aliphatic heterocycles. The van der Waals surface area contributed by atoms with E-state index in [1.807, 2.05) is 43.1 Å². The van der Waals surface area contributed by atoms with Gasteiger partial charge in [0.05, 0.1) is 0 Å². The number of para-hydroxylation sites is 1. The Bertz CT molecular complexity index is 611. The molecule has 0 bridgehead atoms. The Morgan fingerprint density at radius 3 is 3.00 bits per heavy atom. The summed E-state index contributed by atoms with van der Waals surface area (Å²) in [6, 6.07) is 8.16. The fourth-order valence-corrected chi connectivity index (χ4v) is 3.07. The summed E-state index contributed by atoms with van der Waals surface area (Å²) in [6.07, 6.45) is 5.98. The fourth-order valence-electron chi connectivity index (χ4n) is 3.07. The van der Waals surface area contributed by atoms with Crippen LogP contribution in [0.25, 0.3) is 0 Å². The summed E-state index contributed by atoms with van der Waals surface area (Å²) in [5.41, 5.74) is 2.29. The van der Waals surface area contributed by atoms with Crippen LogP contribution in [-0.2, 0) is 11.2 Å². The number of hydrogen-bond donors (Lipinski definition) is 1. The van der Waals surface area contributed by atoms with Gasteiger partial charge in [-0.05, 0) is 44.2 Å². The maximum absolute atomic E-state index is 12.7. The van der Waals surface area contributed by atoms with Gasteiger partial charge in [0, 0.05) is 32.4 Å². The summed E-state index contributed by atoms with van der Waals surface area (Å²) in [5.74, 6) is 0.840. The highest BCUT2D eigenvalue weighted by Crippen LogP contribution is 2.26. The van der Waals surface area contributed by atoms with Gasteiger partial charge in [-0.15, -0.1) is 6.58 Å². The number of allylic oxidation sites excluding steroid dienone is 1. The monoisotopic (exact) mass is 342 g/mol. The smallest absolute Gasteiger partial charge is 0.248 e. The number of carbonyl (C=O) groups is 1. The van der Waals surface area contributed by atoms with E-state index in [1.165, 1.54) is 5.56 Å². The largest absolute Gasteiger partial charge is 0.357 e. The van der Waals surface area contributed by atoms with Crippen molar-refractivity contribution >= 4 is 17.6 Å². The van der Waals surface area contributed by atoms with Gasteiger partial charge in [0.2, 0.25) is 5.91 Å². The van der Waals surface area contributed by atoms with E-state index in [0.717, 1.165) is 57.0 Å². The second-order valence-corrected chi connectivity index (χ2v) is 6.30. The predicted molar refractivity (Wildman–Crippen MR) is 105 cm³/mol. The lowest BCUT2D eigenvalue weighted by molar-refractivity contribution is -0.117. The first-order valence-electron chi connectivity index (χ1n) is 9.16. The number of unbranched alkanes of at least 4 members (excludes halogenated alkanes) is 1. The SMILES string of the molecule is C=CCCCN(C)C(=NCC(=O)N1CCCc2ccccc21)NCC. The average Bonchev–Trinajstić information content (AvgIpc) is 2.64. The van der Waals surface area contributed by atoms with Crippen molar-refractivity contribution in [1.82, 2.24) is 10.2 Å². The second-order valence-electron chi connectivity index (χ2n) is 6.30. The number of carbonyl (C=O) groups excluding carboxylic acids is 1. The molecule has 0 radical (unpaired) electrons. The number of guanidine groups is 1. The molecule has 1 amide bonds. The maximum atomic E-state index is 12.7. The zero-order valence-corrected chi connectivity index (χ0v) is 15.5. The molecule has 0 spiro atoms. The molecular formula is C20H30N4O. The number of nitrogens with zero attached hydrogens (tertiary/aromatic N) is 3. The number of nitrogens with one attached hydrogen (secondary N) is 1. The van der Waals surface area contributed by atoms with Crippen molar-refractivity contribution < 1.29 is 4.79 Å². The maximum Gasteiger partial charge on any atom is 0.248 e. The van der Waals surface area contributed by atoms with E-state index in [4.69, 9.17) is 0 Å². The fraction of sp³-hybridized carbons (Fsp3) is 0.500. The van der Waals surface area contributed by atoms with Gasteiger partial charge in [-0.3, -0.25) is 4.79 Å². The molecule has 1 heterocycles. The van der Waals surface area contributed by atoms with E-state index in [0.29, 0.717) is 0 Å². The number of aliphatic imine (C=N–C) groups is 1. The number of fused-ring (bicyclic) bond motifs is 1. The Morgan fingerprint density at radius 1 is 1.44 bits per heavy atom. The van der Waals surface area contributed by atoms with Crippen molar-refractivity contribution in [2.45, 2.75) is 32.6 Å². The quantitative estimate of drug-likeness (QED) is 0.359. The lowest BCUT2D eigenvalue weighted by Gasteiger charge is -2.29. The van der Waals surface area contributed by atoms with Gasteiger partial charge in [0.15, 0.2) is 5.96 Å². The molecule has 0 aliphatic carbocycles. The molecule has 136 valence electrons. The van der Waals surface area contributed by atoms with Crippen molar-refractivity contribution in [2.75, 3.05) is 38.1 Å². The van der Waals surface area contributed by atoms with E-state index in [9.17, 15) is 4.79 Å². The van der Waals surface area contributed by atoms with Crippen LogP contribution < -0.4 is 10.2 Å². The number of benzene rings is 1. The molecule has 1 N–H and O–H groups in total. The zero-order valence-electron chi connectivity index (χ0n) is 15.5. The van der Waals surface area contributed by atoms with Crippen LogP contribution >= 0.6 is 0 Å². The predicted octanol–water partition coefficient (Wildman–Crippen LogP) is 2.83. The molecule has 0 saturated carbocycles. The lowest BCUT2D eigenvalue weighted by Crippen LogP contribution is -2.41. The van der Waals surface area contributed by atoms with E-state index >= 15 is 0 Å². The molecule has 1 aliphatic rings. The van der Waals surface area contributed by atoms with Gasteiger partial charge in [0.25, 0.3) is 0 Å². The number of anilines is 1. The normalized spacial score (nSPS) is 14.0. The average molecular weight is 342 g/mol. The van der Waals surface area contributed by atoms with Crippen molar-refractivity contribution in [2.24, 2.45) is 4.99 Å². The summed E-state index contributed by atoms with van der Waals surface area (Å²) >= 11 is 0. The molecule has 0 fully saturated rings. The van der Waals surface area contributed by atoms with E-state index in [1.54, 1.807) is 0 Å². The van der Waals surface area contributed by atoms with Gasteiger partial charge >= 0.3 is 0 Å². The van der Waals surface area contributed by atoms with Crippen LogP contribution in [0.1, 0.15) is 31.7 Å². The van der Waals surface area contributed by atoms with Crippen molar-refractivity contribution in [3.8, 4) is 0 Å². The second kappa shape index (κ2) is 9.87. The molecule has 25 heavy (non-hydrogen) atoms. The molecule has 0 unspecified atom stereocenters. The number of aryl methyl sites for hydroxylation is 1. The highest BCUT2D eigenvalue weighted by molar-refractivity contribution is 5.97. The first-order valence-corrected chi connectivity index (χ1v) is 9.16. The third-order valence-corrected chi connectivity index (χ3v) is 4.37. The van der Waals surface area contributed by atoms with E-state index in [2.05, 4.69) is 27.9 Å². The van der Waals surface area contributed by atoms with Gasteiger partial charge in [0.1, 0.15) is 6.54 Å². The minimum Gasteiger partial charge on any atom is -0.357 e. The van der Waals surface area contributed by atoms with E-state index < -0.39 is 0 Å². The van der Waals surface area contributed by atoms with Gasteiger partial charge < -0.3 is 15.1 Å². The van der Waals surface area contributed by atoms with Crippen molar-refractivity contribution in [3.63, 3.8) is 0 Å². The molecule has 0 atom stereocenters. The summed E-state index contributed by atoms with van der Waals surface area (Å²) in [6.45, 7) is 8.41. The molecule has 1 aromatic carbocycles. The topological polar surface area (TPSA) is 47.9 Å². The van der Waals surface area contributed by atoms with Crippen LogP contribution in [0.4, 0.5) is 5.69 Å². The third kappa shape index (κ3) is 5.34. The highest BCUT2D eigenvalue weighted by atomic mass is 16.2.